The first-order chi connectivity index (χ1) is 13.8. The zero-order valence-corrected chi connectivity index (χ0v) is 17.1. The van der Waals surface area contributed by atoms with Crippen molar-refractivity contribution in [3.8, 4) is 5.75 Å². The largest absolute Gasteiger partial charge is 0.481 e. The minimum Gasteiger partial charge on any atom is -0.481 e. The fourth-order valence-corrected chi connectivity index (χ4v) is 3.07. The topological polar surface area (TPSA) is 95.9 Å². The molecule has 0 fully saturated rings. The monoisotopic (exact) mass is 398 g/mol. The number of rotatable bonds is 8. The summed E-state index contributed by atoms with van der Waals surface area (Å²) < 4.78 is 5.29. The normalized spacial score (nSPS) is 10.3. The summed E-state index contributed by atoms with van der Waals surface area (Å²) in [4.78, 5) is 37.6. The van der Waals surface area contributed by atoms with Gasteiger partial charge < -0.3 is 20.1 Å². The lowest BCUT2D eigenvalue weighted by Crippen LogP contribution is -2.30. The van der Waals surface area contributed by atoms with Crippen molar-refractivity contribution < 1.29 is 24.2 Å². The van der Waals surface area contributed by atoms with Gasteiger partial charge in [-0.1, -0.05) is 6.07 Å². The van der Waals surface area contributed by atoms with Crippen LogP contribution in [0.25, 0.3) is 0 Å². The van der Waals surface area contributed by atoms with Crippen LogP contribution >= 0.6 is 0 Å². The molecule has 0 aromatic heterocycles. The van der Waals surface area contributed by atoms with Gasteiger partial charge in [0.2, 0.25) is 0 Å². The molecule has 0 spiro atoms. The van der Waals surface area contributed by atoms with Gasteiger partial charge in [-0.2, -0.15) is 0 Å². The molecular formula is C22H26N2O5. The quantitative estimate of drug-likeness (QED) is 0.709. The fraction of sp³-hybridized carbons (Fsp3) is 0.318. The molecule has 2 aromatic rings. The number of anilines is 1. The SMILES string of the molecule is CCN(CC)C(=O)c1cccc(NC(=O)c2cc(C)c(OCC(=O)O)c(C)c2)c1. The molecule has 2 aromatic carbocycles. The highest BCUT2D eigenvalue weighted by Crippen LogP contribution is 2.25. The van der Waals surface area contributed by atoms with Crippen LogP contribution < -0.4 is 10.1 Å². The van der Waals surface area contributed by atoms with Crippen molar-refractivity contribution in [1.82, 2.24) is 4.90 Å². The van der Waals surface area contributed by atoms with Crippen LogP contribution in [0.5, 0.6) is 5.75 Å². The van der Waals surface area contributed by atoms with E-state index >= 15 is 0 Å². The molecule has 0 aliphatic carbocycles. The number of carbonyl (C=O) groups is 3. The van der Waals surface area contributed by atoms with Crippen molar-refractivity contribution in [3.63, 3.8) is 0 Å². The van der Waals surface area contributed by atoms with E-state index in [1.165, 1.54) is 0 Å². The Balaban J connectivity index is 2.19. The molecule has 0 aliphatic rings. The third kappa shape index (κ3) is 5.57. The number of ether oxygens (including phenoxy) is 1. The van der Waals surface area contributed by atoms with E-state index in [-0.39, 0.29) is 11.8 Å². The van der Waals surface area contributed by atoms with Crippen LogP contribution in [-0.4, -0.2) is 47.5 Å². The molecule has 0 aliphatic heterocycles. The first-order valence-electron chi connectivity index (χ1n) is 9.43. The maximum absolute atomic E-state index is 12.7. The molecular weight excluding hydrogens is 372 g/mol. The summed E-state index contributed by atoms with van der Waals surface area (Å²) in [5, 5.41) is 11.6. The predicted octanol–water partition coefficient (Wildman–Crippen LogP) is 3.50. The number of aliphatic carboxylic acids is 1. The summed E-state index contributed by atoms with van der Waals surface area (Å²) >= 11 is 0. The molecule has 0 saturated heterocycles. The Bertz CT molecular complexity index is 896. The Hall–Kier alpha value is -3.35. The van der Waals surface area contributed by atoms with Crippen LogP contribution in [0.15, 0.2) is 36.4 Å². The van der Waals surface area contributed by atoms with Crippen molar-refractivity contribution in [2.45, 2.75) is 27.7 Å². The number of carboxylic acid groups (broad SMARTS) is 1. The number of nitrogens with zero attached hydrogens (tertiary/aromatic N) is 1. The van der Waals surface area contributed by atoms with Gasteiger partial charge in [-0.3, -0.25) is 9.59 Å². The number of hydrogen-bond donors (Lipinski definition) is 2. The molecule has 2 amide bonds. The first kappa shape index (κ1) is 21.9. The predicted molar refractivity (Wildman–Crippen MR) is 111 cm³/mol. The van der Waals surface area contributed by atoms with Gasteiger partial charge in [0.25, 0.3) is 11.8 Å². The van der Waals surface area contributed by atoms with E-state index in [1.54, 1.807) is 55.1 Å². The first-order valence-corrected chi connectivity index (χ1v) is 9.43. The summed E-state index contributed by atoms with van der Waals surface area (Å²) in [7, 11) is 0. The van der Waals surface area contributed by atoms with Gasteiger partial charge in [-0.05, 0) is 69.2 Å². The summed E-state index contributed by atoms with van der Waals surface area (Å²) in [6.45, 7) is 8.12. The van der Waals surface area contributed by atoms with E-state index in [0.29, 0.717) is 46.8 Å². The molecule has 2 rings (SSSR count). The maximum atomic E-state index is 12.7. The van der Waals surface area contributed by atoms with Gasteiger partial charge in [0.15, 0.2) is 6.61 Å². The van der Waals surface area contributed by atoms with Crippen LogP contribution in [0.2, 0.25) is 0 Å². The van der Waals surface area contributed by atoms with Gasteiger partial charge in [-0.15, -0.1) is 0 Å². The van der Waals surface area contributed by atoms with Crippen LogP contribution in [0.4, 0.5) is 5.69 Å². The van der Waals surface area contributed by atoms with Crippen LogP contribution in [0.1, 0.15) is 45.7 Å². The summed E-state index contributed by atoms with van der Waals surface area (Å²) in [5.41, 5.74) is 2.79. The molecule has 0 bridgehead atoms. The second kappa shape index (κ2) is 9.73. The molecule has 7 heteroatoms. The number of amides is 2. The van der Waals surface area contributed by atoms with E-state index in [4.69, 9.17) is 9.84 Å². The van der Waals surface area contributed by atoms with E-state index in [0.717, 1.165) is 0 Å². The van der Waals surface area contributed by atoms with Gasteiger partial charge in [0.05, 0.1) is 0 Å². The van der Waals surface area contributed by atoms with Crippen molar-refractivity contribution in [2.75, 3.05) is 25.0 Å². The molecule has 0 unspecified atom stereocenters. The lowest BCUT2D eigenvalue weighted by molar-refractivity contribution is -0.139. The van der Waals surface area contributed by atoms with Crippen LogP contribution in [0.3, 0.4) is 0 Å². The highest BCUT2D eigenvalue weighted by atomic mass is 16.5. The lowest BCUT2D eigenvalue weighted by Gasteiger charge is -2.19. The Morgan fingerprint density at radius 2 is 1.62 bits per heavy atom. The number of carboxylic acids is 1. The lowest BCUT2D eigenvalue weighted by atomic mass is 10.0. The van der Waals surface area contributed by atoms with E-state index in [2.05, 4.69) is 5.32 Å². The maximum Gasteiger partial charge on any atom is 0.341 e. The average Bonchev–Trinajstić information content (AvgIpc) is 2.68. The molecule has 154 valence electrons. The molecule has 2 N–H and O–H groups in total. The molecule has 29 heavy (non-hydrogen) atoms. The smallest absolute Gasteiger partial charge is 0.341 e. The number of nitrogens with one attached hydrogen (secondary N) is 1. The molecule has 0 heterocycles. The van der Waals surface area contributed by atoms with Gasteiger partial charge >= 0.3 is 5.97 Å². The second-order valence-corrected chi connectivity index (χ2v) is 6.63. The van der Waals surface area contributed by atoms with E-state index < -0.39 is 12.6 Å². The Morgan fingerprint density at radius 1 is 1.00 bits per heavy atom. The van der Waals surface area contributed by atoms with Crippen molar-refractivity contribution >= 4 is 23.5 Å². The fourth-order valence-electron chi connectivity index (χ4n) is 3.07. The molecule has 0 radical (unpaired) electrons. The number of aryl methyl sites for hydroxylation is 2. The number of hydrogen-bond acceptors (Lipinski definition) is 4. The zero-order chi connectivity index (χ0) is 21.6. The minimum absolute atomic E-state index is 0.0854. The summed E-state index contributed by atoms with van der Waals surface area (Å²) in [6, 6.07) is 10.1. The second-order valence-electron chi connectivity index (χ2n) is 6.63. The minimum atomic E-state index is -1.07. The van der Waals surface area contributed by atoms with Gasteiger partial charge in [-0.25, -0.2) is 4.79 Å². The molecule has 0 saturated carbocycles. The molecule has 0 atom stereocenters. The van der Waals surface area contributed by atoms with E-state index in [9.17, 15) is 14.4 Å². The highest BCUT2D eigenvalue weighted by molar-refractivity contribution is 6.05. The third-order valence-electron chi connectivity index (χ3n) is 4.48. The van der Waals surface area contributed by atoms with Crippen molar-refractivity contribution in [1.29, 1.82) is 0 Å². The van der Waals surface area contributed by atoms with Crippen LogP contribution in [-0.2, 0) is 4.79 Å². The van der Waals surface area contributed by atoms with Gasteiger partial charge in [0.1, 0.15) is 5.75 Å². The molecule has 7 nitrogen and oxygen atoms in total. The Kier molecular flexibility index (Phi) is 7.36. The van der Waals surface area contributed by atoms with Gasteiger partial charge in [0, 0.05) is 29.9 Å². The third-order valence-corrected chi connectivity index (χ3v) is 4.48. The average molecular weight is 398 g/mol. The number of benzene rings is 2. The van der Waals surface area contributed by atoms with E-state index in [1.807, 2.05) is 13.8 Å². The van der Waals surface area contributed by atoms with Crippen molar-refractivity contribution in [3.05, 3.63) is 58.7 Å². The van der Waals surface area contributed by atoms with Crippen molar-refractivity contribution in [2.24, 2.45) is 0 Å². The zero-order valence-electron chi connectivity index (χ0n) is 17.1. The van der Waals surface area contributed by atoms with Crippen LogP contribution in [0, 0.1) is 13.8 Å². The Morgan fingerprint density at radius 3 is 2.17 bits per heavy atom. The summed E-state index contributed by atoms with van der Waals surface area (Å²) in [5.74, 6) is -1.02. The Labute approximate surface area is 170 Å². The summed E-state index contributed by atoms with van der Waals surface area (Å²) in [6.07, 6.45) is 0. The number of carbonyl (C=O) groups excluding carboxylic acids is 2. The standard InChI is InChI=1S/C22H26N2O5/c1-5-24(6-2)22(28)16-8-7-9-18(12-16)23-21(27)17-10-14(3)20(15(4)11-17)29-13-19(25)26/h7-12H,5-6,13H2,1-4H3,(H,23,27)(H,25,26). The highest BCUT2D eigenvalue weighted by Gasteiger charge is 2.15.